The Morgan fingerprint density at radius 3 is 2.52 bits per heavy atom. The zero-order chi connectivity index (χ0) is 19.8. The minimum Gasteiger partial charge on any atom is -0.509 e. The molecule has 0 unspecified atom stereocenters. The summed E-state index contributed by atoms with van der Waals surface area (Å²) in [7, 11) is 1.55. The summed E-state index contributed by atoms with van der Waals surface area (Å²) in [6, 6.07) is 3.61. The fourth-order valence-electron chi connectivity index (χ4n) is 3.86. The Kier molecular flexibility index (Phi) is 5.79. The molecule has 1 amide bonds. The van der Waals surface area contributed by atoms with E-state index < -0.39 is 11.4 Å². The van der Waals surface area contributed by atoms with Crippen LogP contribution in [-0.2, 0) is 14.4 Å². The number of benzene rings is 1. The second-order valence-corrected chi connectivity index (χ2v) is 7.41. The first-order valence-electron chi connectivity index (χ1n) is 8.93. The van der Waals surface area contributed by atoms with Gasteiger partial charge in [0.15, 0.2) is 0 Å². The molecule has 2 aliphatic heterocycles. The number of nitrogens with zero attached hydrogens (tertiary/aromatic N) is 2. The molecule has 148 valence electrons. The summed E-state index contributed by atoms with van der Waals surface area (Å²) in [5.41, 5.74) is 1.44. The zero-order valence-corrected chi connectivity index (χ0v) is 16.5. The number of piperidine rings is 1. The van der Waals surface area contributed by atoms with Gasteiger partial charge in [0.25, 0.3) is 5.91 Å². The Bertz CT molecular complexity index is 772. The molecule has 0 saturated carbocycles. The SMILES string of the molecule is COCCON1C(=O)C(c2c(C)ccc(Cl)c2C)=C(O)C12CCN(O)CC2. The molecule has 8 heteroatoms. The molecular weight excluding hydrogens is 372 g/mol. The molecule has 0 radical (unpaired) electrons. The van der Waals surface area contributed by atoms with Crippen LogP contribution in [0.5, 0.6) is 0 Å². The predicted molar refractivity (Wildman–Crippen MR) is 100 cm³/mol. The molecule has 3 rings (SSSR count). The van der Waals surface area contributed by atoms with Crippen molar-refractivity contribution in [1.29, 1.82) is 0 Å². The predicted octanol–water partition coefficient (Wildman–Crippen LogP) is 2.87. The van der Waals surface area contributed by atoms with Crippen LogP contribution < -0.4 is 0 Å². The highest BCUT2D eigenvalue weighted by atomic mass is 35.5. The summed E-state index contributed by atoms with van der Waals surface area (Å²) in [6.45, 7) is 4.85. The van der Waals surface area contributed by atoms with Gasteiger partial charge in [-0.3, -0.25) is 9.63 Å². The Morgan fingerprint density at radius 2 is 1.89 bits per heavy atom. The fraction of sp³-hybridized carbons (Fsp3) is 0.526. The smallest absolute Gasteiger partial charge is 0.282 e. The fourth-order valence-corrected chi connectivity index (χ4v) is 4.01. The number of methoxy groups -OCH3 is 1. The number of aliphatic hydroxyl groups excluding tert-OH is 1. The molecule has 0 aliphatic carbocycles. The number of halogens is 1. The zero-order valence-electron chi connectivity index (χ0n) is 15.8. The summed E-state index contributed by atoms with van der Waals surface area (Å²) in [5, 5.41) is 24.0. The molecule has 1 spiro atoms. The van der Waals surface area contributed by atoms with Crippen LogP contribution in [0.25, 0.3) is 5.57 Å². The van der Waals surface area contributed by atoms with Crippen molar-refractivity contribution >= 4 is 23.1 Å². The third kappa shape index (κ3) is 3.34. The number of hydrogen-bond donors (Lipinski definition) is 2. The lowest BCUT2D eigenvalue weighted by molar-refractivity contribution is -0.231. The summed E-state index contributed by atoms with van der Waals surface area (Å²) >= 11 is 6.28. The number of aliphatic hydroxyl groups is 1. The lowest BCUT2D eigenvalue weighted by Gasteiger charge is -2.41. The number of hydrogen-bond acceptors (Lipinski definition) is 6. The Hall–Kier alpha value is -1.64. The van der Waals surface area contributed by atoms with Gasteiger partial charge < -0.3 is 15.1 Å². The molecule has 1 aromatic rings. The number of rotatable bonds is 5. The van der Waals surface area contributed by atoms with Crippen molar-refractivity contribution < 1.29 is 24.7 Å². The monoisotopic (exact) mass is 396 g/mol. The maximum absolute atomic E-state index is 13.3. The minimum absolute atomic E-state index is 0.0218. The second-order valence-electron chi connectivity index (χ2n) is 7.00. The Balaban J connectivity index is 2.10. The molecule has 27 heavy (non-hydrogen) atoms. The molecule has 2 heterocycles. The number of carbonyl (C=O) groups excluding carboxylic acids is 1. The van der Waals surface area contributed by atoms with Gasteiger partial charge in [0.2, 0.25) is 0 Å². The van der Waals surface area contributed by atoms with Crippen molar-refractivity contribution in [3.63, 3.8) is 0 Å². The third-order valence-electron chi connectivity index (χ3n) is 5.40. The molecule has 1 saturated heterocycles. The van der Waals surface area contributed by atoms with E-state index in [9.17, 15) is 15.1 Å². The van der Waals surface area contributed by atoms with Crippen LogP contribution in [0.15, 0.2) is 17.9 Å². The van der Waals surface area contributed by atoms with E-state index in [4.69, 9.17) is 21.2 Å². The van der Waals surface area contributed by atoms with Gasteiger partial charge in [0, 0.05) is 25.2 Å². The molecule has 1 fully saturated rings. The van der Waals surface area contributed by atoms with Crippen molar-refractivity contribution in [3.8, 4) is 0 Å². The van der Waals surface area contributed by atoms with Gasteiger partial charge >= 0.3 is 0 Å². The third-order valence-corrected chi connectivity index (χ3v) is 5.81. The van der Waals surface area contributed by atoms with E-state index in [2.05, 4.69) is 0 Å². The normalized spacial score (nSPS) is 20.2. The van der Waals surface area contributed by atoms with E-state index >= 15 is 0 Å². The lowest BCUT2D eigenvalue weighted by Crippen LogP contribution is -2.54. The van der Waals surface area contributed by atoms with Crippen LogP contribution in [0.2, 0.25) is 5.02 Å². The summed E-state index contributed by atoms with van der Waals surface area (Å²) < 4.78 is 5.02. The van der Waals surface area contributed by atoms with Crippen LogP contribution in [0.4, 0.5) is 0 Å². The van der Waals surface area contributed by atoms with Crippen molar-refractivity contribution in [2.75, 3.05) is 33.4 Å². The van der Waals surface area contributed by atoms with Crippen molar-refractivity contribution in [3.05, 3.63) is 39.6 Å². The average Bonchev–Trinajstić information content (AvgIpc) is 2.84. The Morgan fingerprint density at radius 1 is 1.22 bits per heavy atom. The lowest BCUT2D eigenvalue weighted by atomic mass is 9.85. The van der Waals surface area contributed by atoms with E-state index in [-0.39, 0.29) is 17.9 Å². The van der Waals surface area contributed by atoms with E-state index in [1.807, 2.05) is 19.9 Å². The summed E-state index contributed by atoms with van der Waals surface area (Å²) in [4.78, 5) is 19.0. The first-order chi connectivity index (χ1) is 12.8. The molecule has 0 bridgehead atoms. The maximum atomic E-state index is 13.3. The number of ether oxygens (including phenoxy) is 1. The van der Waals surface area contributed by atoms with Crippen molar-refractivity contribution in [2.45, 2.75) is 32.2 Å². The van der Waals surface area contributed by atoms with Gasteiger partial charge in [-0.15, -0.1) is 0 Å². The van der Waals surface area contributed by atoms with Crippen LogP contribution in [0, 0.1) is 13.8 Å². The van der Waals surface area contributed by atoms with E-state index in [1.165, 1.54) is 10.1 Å². The van der Waals surface area contributed by atoms with Gasteiger partial charge in [-0.05, 0) is 49.4 Å². The quantitative estimate of drug-likeness (QED) is 0.745. The standard InChI is InChI=1S/C19H25ClN2O5/c1-12-4-5-14(20)13(2)15(12)16-17(23)19(6-8-21(25)9-7-19)22(18(16)24)27-11-10-26-3/h4-5,23,25H,6-11H2,1-3H3. The summed E-state index contributed by atoms with van der Waals surface area (Å²) in [5.74, 6) is -0.421. The maximum Gasteiger partial charge on any atom is 0.282 e. The minimum atomic E-state index is -0.999. The largest absolute Gasteiger partial charge is 0.509 e. The molecular formula is C19H25ClN2O5. The van der Waals surface area contributed by atoms with Crippen molar-refractivity contribution in [1.82, 2.24) is 10.1 Å². The molecule has 7 nitrogen and oxygen atoms in total. The highest BCUT2D eigenvalue weighted by Crippen LogP contribution is 2.46. The Labute approximate surface area is 163 Å². The van der Waals surface area contributed by atoms with Crippen LogP contribution in [0.1, 0.15) is 29.5 Å². The number of amides is 1. The molecule has 2 aliphatic rings. The summed E-state index contributed by atoms with van der Waals surface area (Å²) in [6.07, 6.45) is 0.715. The number of carbonyl (C=O) groups is 1. The molecule has 0 aromatic heterocycles. The molecule has 1 aromatic carbocycles. The van der Waals surface area contributed by atoms with Gasteiger partial charge in [-0.25, -0.2) is 5.06 Å². The highest BCUT2D eigenvalue weighted by Gasteiger charge is 2.55. The van der Waals surface area contributed by atoms with E-state index in [0.29, 0.717) is 43.1 Å². The van der Waals surface area contributed by atoms with E-state index in [1.54, 1.807) is 13.2 Å². The topological polar surface area (TPSA) is 82.5 Å². The van der Waals surface area contributed by atoms with Crippen LogP contribution in [-0.4, -0.2) is 65.3 Å². The first-order valence-corrected chi connectivity index (χ1v) is 9.31. The number of aryl methyl sites for hydroxylation is 1. The molecule has 2 N–H and O–H groups in total. The van der Waals surface area contributed by atoms with Gasteiger partial charge in [-0.1, -0.05) is 17.7 Å². The van der Waals surface area contributed by atoms with Crippen molar-refractivity contribution in [2.24, 2.45) is 0 Å². The van der Waals surface area contributed by atoms with Gasteiger partial charge in [-0.2, -0.15) is 5.06 Å². The average molecular weight is 397 g/mol. The highest BCUT2D eigenvalue weighted by molar-refractivity contribution is 6.32. The van der Waals surface area contributed by atoms with E-state index in [0.717, 1.165) is 11.1 Å². The first kappa shape index (κ1) is 20.1. The molecule has 0 atom stereocenters. The van der Waals surface area contributed by atoms with Gasteiger partial charge in [0.05, 0.1) is 18.8 Å². The van der Waals surface area contributed by atoms with Gasteiger partial charge in [0.1, 0.15) is 11.3 Å². The van der Waals surface area contributed by atoms with Crippen LogP contribution in [0.3, 0.4) is 0 Å². The van der Waals surface area contributed by atoms with Crippen LogP contribution >= 0.6 is 11.6 Å². The second kappa shape index (κ2) is 7.77. The number of hydroxylamine groups is 4.